The third kappa shape index (κ3) is 2.67. The first-order chi connectivity index (χ1) is 10.9. The van der Waals surface area contributed by atoms with Gasteiger partial charge >= 0.3 is 5.69 Å². The van der Waals surface area contributed by atoms with Crippen molar-refractivity contribution in [3.05, 3.63) is 26.5 Å². The second-order valence-corrected chi connectivity index (χ2v) is 6.55. The molecule has 23 heavy (non-hydrogen) atoms. The Balaban J connectivity index is 2.30. The summed E-state index contributed by atoms with van der Waals surface area (Å²) < 4.78 is 15.9. The topological polar surface area (TPSA) is 76.2 Å². The number of halogens is 2. The van der Waals surface area contributed by atoms with Crippen molar-refractivity contribution in [2.24, 2.45) is 0 Å². The molecule has 1 N–H and O–H groups in total. The molecule has 1 aromatic heterocycles. The van der Waals surface area contributed by atoms with E-state index in [4.69, 9.17) is 0 Å². The fourth-order valence-corrected chi connectivity index (χ4v) is 3.36. The van der Waals surface area contributed by atoms with E-state index in [2.05, 4.69) is 31.1 Å². The Morgan fingerprint density at radius 2 is 2.09 bits per heavy atom. The zero-order valence-corrected chi connectivity index (χ0v) is 14.4. The first-order valence-electron chi connectivity index (χ1n) is 7.41. The molecule has 2 aromatic rings. The molecule has 0 amide bonds. The third-order valence-corrected chi connectivity index (χ3v) is 4.69. The SMILES string of the molecule is CC(C)n1c(N2CCNCC2)nc2c([N+](=O)[O-])c(Br)c(F)cc21. The predicted molar refractivity (Wildman–Crippen MR) is 89.5 cm³/mol. The molecule has 0 unspecified atom stereocenters. The Morgan fingerprint density at radius 1 is 1.43 bits per heavy atom. The van der Waals surface area contributed by atoms with E-state index in [1.165, 1.54) is 6.07 Å². The number of rotatable bonds is 3. The summed E-state index contributed by atoms with van der Waals surface area (Å²) in [4.78, 5) is 17.4. The minimum atomic E-state index is -0.655. The van der Waals surface area contributed by atoms with E-state index in [-0.39, 0.29) is 21.7 Å². The molecule has 7 nitrogen and oxygen atoms in total. The van der Waals surface area contributed by atoms with Gasteiger partial charge in [-0.15, -0.1) is 0 Å². The summed E-state index contributed by atoms with van der Waals surface area (Å²) in [5.41, 5.74) is 0.335. The van der Waals surface area contributed by atoms with Gasteiger partial charge in [0.15, 0.2) is 5.52 Å². The summed E-state index contributed by atoms with van der Waals surface area (Å²) in [6.07, 6.45) is 0. The highest BCUT2D eigenvalue weighted by molar-refractivity contribution is 9.10. The number of hydrogen-bond acceptors (Lipinski definition) is 5. The zero-order valence-electron chi connectivity index (χ0n) is 12.8. The van der Waals surface area contributed by atoms with Crippen molar-refractivity contribution in [3.8, 4) is 0 Å². The van der Waals surface area contributed by atoms with Gasteiger partial charge in [0.25, 0.3) is 0 Å². The highest BCUT2D eigenvalue weighted by Gasteiger charge is 2.29. The number of nitrogens with one attached hydrogen (secondary N) is 1. The molecule has 1 aliphatic heterocycles. The Bertz CT molecular complexity index is 770. The van der Waals surface area contributed by atoms with Crippen LogP contribution in [0.15, 0.2) is 10.5 Å². The highest BCUT2D eigenvalue weighted by Crippen LogP contribution is 2.38. The molecule has 0 bridgehead atoms. The largest absolute Gasteiger partial charge is 0.340 e. The molecule has 1 saturated heterocycles. The maximum Gasteiger partial charge on any atom is 0.314 e. The zero-order chi connectivity index (χ0) is 16.7. The molecule has 2 heterocycles. The summed E-state index contributed by atoms with van der Waals surface area (Å²) in [6.45, 7) is 7.07. The number of nitrogens with zero attached hydrogens (tertiary/aromatic N) is 4. The fourth-order valence-electron chi connectivity index (χ4n) is 2.91. The summed E-state index contributed by atoms with van der Waals surface area (Å²) in [6, 6.07) is 1.32. The van der Waals surface area contributed by atoms with Crippen molar-refractivity contribution in [3.63, 3.8) is 0 Å². The predicted octanol–water partition coefficient (Wildman–Crippen LogP) is 2.84. The van der Waals surface area contributed by atoms with Gasteiger partial charge in [-0.3, -0.25) is 10.1 Å². The van der Waals surface area contributed by atoms with Gasteiger partial charge in [-0.1, -0.05) is 0 Å². The summed E-state index contributed by atoms with van der Waals surface area (Å²) in [5.74, 6) is -0.00467. The summed E-state index contributed by atoms with van der Waals surface area (Å²) in [5, 5.41) is 14.7. The molecular formula is C14H17BrFN5O2. The molecule has 3 rings (SSSR count). The number of aromatic nitrogens is 2. The second kappa shape index (κ2) is 6.04. The number of hydrogen-bond donors (Lipinski definition) is 1. The van der Waals surface area contributed by atoms with Gasteiger partial charge in [0.05, 0.1) is 10.4 Å². The smallest absolute Gasteiger partial charge is 0.314 e. The lowest BCUT2D eigenvalue weighted by molar-refractivity contribution is -0.384. The molecule has 0 atom stereocenters. The van der Waals surface area contributed by atoms with Crippen molar-refractivity contribution in [2.45, 2.75) is 19.9 Å². The quantitative estimate of drug-likeness (QED) is 0.649. The van der Waals surface area contributed by atoms with Gasteiger partial charge in [-0.2, -0.15) is 0 Å². The van der Waals surface area contributed by atoms with E-state index in [9.17, 15) is 14.5 Å². The minimum absolute atomic E-state index is 0.00469. The first-order valence-corrected chi connectivity index (χ1v) is 8.21. The number of fused-ring (bicyclic) bond motifs is 1. The first kappa shape index (κ1) is 16.1. The van der Waals surface area contributed by atoms with Gasteiger partial charge in [0.2, 0.25) is 5.95 Å². The van der Waals surface area contributed by atoms with Crippen LogP contribution in [0.25, 0.3) is 11.0 Å². The Kier molecular flexibility index (Phi) is 4.24. The van der Waals surface area contributed by atoms with Crippen LogP contribution in [0.3, 0.4) is 0 Å². The van der Waals surface area contributed by atoms with Crippen LogP contribution < -0.4 is 10.2 Å². The van der Waals surface area contributed by atoms with Crippen LogP contribution >= 0.6 is 15.9 Å². The Labute approximate surface area is 140 Å². The number of nitro groups is 1. The van der Waals surface area contributed by atoms with Crippen molar-refractivity contribution in [1.29, 1.82) is 0 Å². The molecule has 1 fully saturated rings. The van der Waals surface area contributed by atoms with Crippen LogP contribution in [0.5, 0.6) is 0 Å². The van der Waals surface area contributed by atoms with Gasteiger partial charge in [0.1, 0.15) is 10.3 Å². The van der Waals surface area contributed by atoms with Gasteiger partial charge in [-0.25, -0.2) is 9.37 Å². The van der Waals surface area contributed by atoms with Crippen molar-refractivity contribution < 1.29 is 9.31 Å². The molecule has 0 spiro atoms. The van der Waals surface area contributed by atoms with E-state index in [1.54, 1.807) is 0 Å². The standard InChI is InChI=1S/C14H17BrFN5O2/c1-8(2)20-10-7-9(16)11(15)13(21(22)23)12(10)18-14(20)19-5-3-17-4-6-19/h7-8,17H,3-6H2,1-2H3. The molecule has 0 saturated carbocycles. The number of nitro benzene ring substituents is 1. The van der Waals surface area contributed by atoms with Crippen molar-refractivity contribution in [1.82, 2.24) is 14.9 Å². The van der Waals surface area contributed by atoms with E-state index >= 15 is 0 Å². The van der Waals surface area contributed by atoms with Gasteiger partial charge < -0.3 is 14.8 Å². The van der Waals surface area contributed by atoms with Crippen molar-refractivity contribution in [2.75, 3.05) is 31.1 Å². The van der Waals surface area contributed by atoms with Crippen LogP contribution in [-0.2, 0) is 0 Å². The lowest BCUT2D eigenvalue weighted by Gasteiger charge is -2.29. The summed E-state index contributed by atoms with van der Waals surface area (Å²) >= 11 is 2.98. The fraction of sp³-hybridized carbons (Fsp3) is 0.500. The number of benzene rings is 1. The molecule has 1 aliphatic rings. The lowest BCUT2D eigenvalue weighted by Crippen LogP contribution is -2.44. The second-order valence-electron chi connectivity index (χ2n) is 5.76. The summed E-state index contributed by atoms with van der Waals surface area (Å²) in [7, 11) is 0. The van der Waals surface area contributed by atoms with Crippen LogP contribution in [0.4, 0.5) is 16.0 Å². The minimum Gasteiger partial charge on any atom is -0.340 e. The number of imidazole rings is 1. The maximum atomic E-state index is 14.1. The third-order valence-electron chi connectivity index (χ3n) is 3.93. The van der Waals surface area contributed by atoms with E-state index in [0.29, 0.717) is 11.5 Å². The van der Waals surface area contributed by atoms with E-state index in [1.807, 2.05) is 18.4 Å². The van der Waals surface area contributed by atoms with Crippen LogP contribution in [-0.4, -0.2) is 40.7 Å². The van der Waals surface area contributed by atoms with E-state index in [0.717, 1.165) is 26.2 Å². The monoisotopic (exact) mass is 385 g/mol. The Morgan fingerprint density at radius 3 is 2.65 bits per heavy atom. The lowest BCUT2D eigenvalue weighted by atomic mass is 10.2. The average Bonchev–Trinajstić information content (AvgIpc) is 2.87. The molecule has 124 valence electrons. The molecule has 9 heteroatoms. The average molecular weight is 386 g/mol. The van der Waals surface area contributed by atoms with Crippen LogP contribution in [0, 0.1) is 15.9 Å². The van der Waals surface area contributed by atoms with E-state index < -0.39 is 10.7 Å². The van der Waals surface area contributed by atoms with Crippen molar-refractivity contribution >= 4 is 38.6 Å². The van der Waals surface area contributed by atoms with Gasteiger partial charge in [0, 0.05) is 38.3 Å². The van der Waals surface area contributed by atoms with Crippen LogP contribution in [0.1, 0.15) is 19.9 Å². The van der Waals surface area contributed by atoms with Crippen LogP contribution in [0.2, 0.25) is 0 Å². The molecule has 1 aromatic carbocycles. The maximum absolute atomic E-state index is 14.1. The molecule has 0 aliphatic carbocycles. The highest BCUT2D eigenvalue weighted by atomic mass is 79.9. The number of piperazine rings is 1. The van der Waals surface area contributed by atoms with Gasteiger partial charge in [-0.05, 0) is 29.8 Å². The number of anilines is 1. The molecule has 0 radical (unpaired) electrons. The Hall–Kier alpha value is -1.74. The molecular weight excluding hydrogens is 369 g/mol. The normalized spacial score (nSPS) is 15.6.